The zero-order chi connectivity index (χ0) is 25.4. The quantitative estimate of drug-likeness (QED) is 0.352. The van der Waals surface area contributed by atoms with Crippen LogP contribution in [0.5, 0.6) is 0 Å². The summed E-state index contributed by atoms with van der Waals surface area (Å²) < 4.78 is 0. The molecule has 8 unspecified atom stereocenters. The number of aliphatic hydroxyl groups is 6. The highest BCUT2D eigenvalue weighted by molar-refractivity contribution is 5.95. The number of allylic oxidation sites excluding steroid dienone is 1. The SMILES string of the molecule is CC(C)CCC(O)[C@](C)(O)C1CCC2(O)C3=CC(=O)C4CC(O)C(O)C[C@]4(C)C3C(O)C[C@]12C. The van der Waals surface area contributed by atoms with Gasteiger partial charge in [-0.1, -0.05) is 27.7 Å². The van der Waals surface area contributed by atoms with Crippen LogP contribution in [0.1, 0.15) is 79.6 Å². The molecule has 0 aliphatic heterocycles. The monoisotopic (exact) mass is 480 g/mol. The summed E-state index contributed by atoms with van der Waals surface area (Å²) in [7, 11) is 0. The summed E-state index contributed by atoms with van der Waals surface area (Å²) in [6.45, 7) is 9.52. The van der Waals surface area contributed by atoms with Gasteiger partial charge in [0.05, 0.1) is 35.6 Å². The van der Waals surface area contributed by atoms with Gasteiger partial charge in [-0.15, -0.1) is 0 Å². The predicted octanol–water partition coefficient (Wildman–Crippen LogP) is 1.71. The lowest BCUT2D eigenvalue weighted by molar-refractivity contribution is -0.196. The molecule has 3 saturated carbocycles. The van der Waals surface area contributed by atoms with Crippen molar-refractivity contribution >= 4 is 5.78 Å². The molecule has 0 spiro atoms. The van der Waals surface area contributed by atoms with Crippen LogP contribution in [0, 0.1) is 34.5 Å². The Kier molecular flexibility index (Phi) is 6.45. The van der Waals surface area contributed by atoms with E-state index < -0.39 is 64.2 Å². The molecule has 0 aromatic rings. The van der Waals surface area contributed by atoms with Crippen molar-refractivity contribution in [1.29, 1.82) is 0 Å². The van der Waals surface area contributed by atoms with E-state index in [1.165, 1.54) is 6.08 Å². The van der Waals surface area contributed by atoms with Gasteiger partial charge in [-0.3, -0.25) is 4.79 Å². The number of carbonyl (C=O) groups is 1. The van der Waals surface area contributed by atoms with Crippen LogP contribution in [-0.2, 0) is 4.79 Å². The lowest BCUT2D eigenvalue weighted by Gasteiger charge is -2.62. The van der Waals surface area contributed by atoms with Gasteiger partial charge < -0.3 is 30.6 Å². The summed E-state index contributed by atoms with van der Waals surface area (Å²) in [5.74, 6) is -1.32. The molecule has 6 N–H and O–H groups in total. The Morgan fingerprint density at radius 1 is 1.09 bits per heavy atom. The van der Waals surface area contributed by atoms with E-state index in [0.717, 1.165) is 6.42 Å². The number of ketones is 1. The maximum absolute atomic E-state index is 13.3. The third-order valence-electron chi connectivity index (χ3n) is 10.5. The first-order valence-corrected chi connectivity index (χ1v) is 13.0. The van der Waals surface area contributed by atoms with Crippen LogP contribution in [0.15, 0.2) is 11.6 Å². The Morgan fingerprint density at radius 3 is 2.35 bits per heavy atom. The van der Waals surface area contributed by atoms with Crippen LogP contribution < -0.4 is 0 Å². The molecular formula is C27H44O7. The molecule has 0 heterocycles. The maximum atomic E-state index is 13.3. The normalized spacial score (nSPS) is 49.1. The number of fused-ring (bicyclic) bond motifs is 5. The third kappa shape index (κ3) is 3.57. The van der Waals surface area contributed by atoms with E-state index in [1.807, 2.05) is 13.8 Å². The molecule has 4 aliphatic carbocycles. The third-order valence-corrected chi connectivity index (χ3v) is 10.5. The van der Waals surface area contributed by atoms with E-state index in [2.05, 4.69) is 13.8 Å². The molecule has 7 heteroatoms. The molecule has 0 amide bonds. The van der Waals surface area contributed by atoms with Crippen molar-refractivity contribution in [3.63, 3.8) is 0 Å². The molecule has 3 fully saturated rings. The second-order valence-electron chi connectivity index (χ2n) is 13.0. The first-order chi connectivity index (χ1) is 15.6. The Bertz CT molecular complexity index is 852. The van der Waals surface area contributed by atoms with Gasteiger partial charge in [0.25, 0.3) is 0 Å². The molecule has 0 radical (unpaired) electrons. The van der Waals surface area contributed by atoms with Gasteiger partial charge in [0.1, 0.15) is 0 Å². The standard InChI is InChI=1S/C27H44O7/c1-14(2)6-7-22(32)26(5,33)21-8-9-27(34)16-11-17(28)15-10-18(29)19(30)12-24(15,3)23(16)20(31)13-25(21,27)4/h11,14-15,18-23,29-34H,6-10,12-13H2,1-5H3/t15?,18?,19?,20?,21?,22?,23?,24-,25+,26+,27?/m0/s1. The Morgan fingerprint density at radius 2 is 1.74 bits per heavy atom. The molecule has 0 aromatic carbocycles. The highest BCUT2D eigenvalue weighted by Crippen LogP contribution is 2.68. The van der Waals surface area contributed by atoms with Crippen LogP contribution in [0.25, 0.3) is 0 Å². The number of rotatable bonds is 5. The van der Waals surface area contributed by atoms with E-state index in [-0.39, 0.29) is 25.0 Å². The van der Waals surface area contributed by atoms with Crippen LogP contribution in [0.4, 0.5) is 0 Å². The minimum absolute atomic E-state index is 0.137. The highest BCUT2D eigenvalue weighted by atomic mass is 16.3. The van der Waals surface area contributed by atoms with Crippen LogP contribution in [-0.4, -0.2) is 72.0 Å². The van der Waals surface area contributed by atoms with Gasteiger partial charge in [-0.2, -0.15) is 0 Å². The Hall–Kier alpha value is -0.830. The number of hydrogen-bond acceptors (Lipinski definition) is 7. The van der Waals surface area contributed by atoms with E-state index in [4.69, 9.17) is 0 Å². The maximum Gasteiger partial charge on any atom is 0.159 e. The van der Waals surface area contributed by atoms with Gasteiger partial charge in [-0.25, -0.2) is 0 Å². The molecule has 4 aliphatic rings. The topological polar surface area (TPSA) is 138 Å². The lowest BCUT2D eigenvalue weighted by atomic mass is 9.45. The second kappa shape index (κ2) is 8.35. The summed E-state index contributed by atoms with van der Waals surface area (Å²) in [5, 5.41) is 66.9. The van der Waals surface area contributed by atoms with Gasteiger partial charge in [0, 0.05) is 17.3 Å². The minimum atomic E-state index is -1.46. The van der Waals surface area contributed by atoms with Crippen molar-refractivity contribution < 1.29 is 35.4 Å². The summed E-state index contributed by atoms with van der Waals surface area (Å²) >= 11 is 0. The van der Waals surface area contributed by atoms with Gasteiger partial charge in [-0.05, 0) is 80.8 Å². The molecule has 0 aromatic heterocycles. The molecule has 7 nitrogen and oxygen atoms in total. The van der Waals surface area contributed by atoms with Crippen LogP contribution in [0.2, 0.25) is 0 Å². The largest absolute Gasteiger partial charge is 0.392 e. The fourth-order valence-corrected chi connectivity index (χ4v) is 8.44. The number of hydrogen-bond donors (Lipinski definition) is 6. The molecular weight excluding hydrogens is 436 g/mol. The average Bonchev–Trinajstić information content (AvgIpc) is 2.99. The first kappa shape index (κ1) is 26.2. The molecule has 4 rings (SSSR count). The Balaban J connectivity index is 1.73. The van der Waals surface area contributed by atoms with E-state index in [9.17, 15) is 35.4 Å². The number of aliphatic hydroxyl groups excluding tert-OH is 4. The summed E-state index contributed by atoms with van der Waals surface area (Å²) in [4.78, 5) is 13.3. The molecule has 34 heavy (non-hydrogen) atoms. The van der Waals surface area contributed by atoms with Gasteiger partial charge in [0.15, 0.2) is 5.78 Å². The summed E-state index contributed by atoms with van der Waals surface area (Å²) in [5.41, 5.74) is -4.09. The van der Waals surface area contributed by atoms with E-state index in [1.54, 1.807) is 6.92 Å². The average molecular weight is 481 g/mol. The predicted molar refractivity (Wildman–Crippen MR) is 127 cm³/mol. The zero-order valence-electron chi connectivity index (χ0n) is 21.2. The second-order valence-corrected chi connectivity index (χ2v) is 13.0. The molecule has 11 atom stereocenters. The van der Waals surface area contributed by atoms with Crippen LogP contribution in [0.3, 0.4) is 0 Å². The van der Waals surface area contributed by atoms with Crippen molar-refractivity contribution in [2.24, 2.45) is 34.5 Å². The number of carbonyl (C=O) groups excluding carboxylic acids is 1. The molecule has 0 saturated heterocycles. The van der Waals surface area contributed by atoms with Crippen LogP contribution >= 0.6 is 0 Å². The highest BCUT2D eigenvalue weighted by Gasteiger charge is 2.71. The summed E-state index contributed by atoms with van der Waals surface area (Å²) in [6.07, 6.45) is 0.195. The lowest BCUT2D eigenvalue weighted by Crippen LogP contribution is -2.66. The van der Waals surface area contributed by atoms with Gasteiger partial charge >= 0.3 is 0 Å². The van der Waals surface area contributed by atoms with Crippen molar-refractivity contribution in [3.05, 3.63) is 11.6 Å². The smallest absolute Gasteiger partial charge is 0.159 e. The van der Waals surface area contributed by atoms with E-state index in [0.29, 0.717) is 30.8 Å². The van der Waals surface area contributed by atoms with E-state index >= 15 is 0 Å². The zero-order valence-corrected chi connectivity index (χ0v) is 21.2. The van der Waals surface area contributed by atoms with Gasteiger partial charge in [0.2, 0.25) is 0 Å². The fourth-order valence-electron chi connectivity index (χ4n) is 8.44. The molecule has 194 valence electrons. The summed E-state index contributed by atoms with van der Waals surface area (Å²) in [6, 6.07) is 0. The fraction of sp³-hybridized carbons (Fsp3) is 0.889. The van der Waals surface area contributed by atoms with Crippen molar-refractivity contribution in [2.45, 2.75) is 115 Å². The first-order valence-electron chi connectivity index (χ1n) is 13.0. The molecule has 0 bridgehead atoms. The Labute approximate surface area is 202 Å². The minimum Gasteiger partial charge on any atom is -0.392 e. The van der Waals surface area contributed by atoms with Crippen molar-refractivity contribution in [3.8, 4) is 0 Å². The van der Waals surface area contributed by atoms with Crippen molar-refractivity contribution in [2.75, 3.05) is 0 Å². The van der Waals surface area contributed by atoms with Crippen molar-refractivity contribution in [1.82, 2.24) is 0 Å².